The lowest BCUT2D eigenvalue weighted by Crippen LogP contribution is -2.28. The van der Waals surface area contributed by atoms with E-state index < -0.39 is 5.97 Å². The summed E-state index contributed by atoms with van der Waals surface area (Å²) < 4.78 is 4.69. The molecule has 2 aromatic rings. The van der Waals surface area contributed by atoms with Gasteiger partial charge in [0, 0.05) is 7.05 Å². The third-order valence-corrected chi connectivity index (χ3v) is 2.61. The monoisotopic (exact) mass is 260 g/mol. The molecule has 0 radical (unpaired) electrons. The number of hydrogen-bond donors (Lipinski definition) is 1. The van der Waals surface area contributed by atoms with E-state index in [1.54, 1.807) is 31.3 Å². The lowest BCUT2D eigenvalue weighted by atomic mass is 10.1. The van der Waals surface area contributed by atoms with E-state index in [1.165, 1.54) is 18.2 Å². The molecule has 1 amide bonds. The Morgan fingerprint density at radius 1 is 1.32 bits per heavy atom. The third kappa shape index (κ3) is 2.44. The Balaban J connectivity index is 2.36. The number of hydrogen-bond acceptors (Lipinski definition) is 5. The van der Waals surface area contributed by atoms with Crippen LogP contribution in [-0.4, -0.2) is 41.4 Å². The molecule has 1 aromatic heterocycles. The molecule has 1 aromatic carbocycles. The first-order valence-electron chi connectivity index (χ1n) is 5.46. The molecule has 0 fully saturated rings. The van der Waals surface area contributed by atoms with Gasteiger partial charge in [0.1, 0.15) is 0 Å². The van der Waals surface area contributed by atoms with Gasteiger partial charge < -0.3 is 9.64 Å². The summed E-state index contributed by atoms with van der Waals surface area (Å²) in [6.07, 6.45) is 1.32. The molecule has 0 bridgehead atoms. The highest BCUT2D eigenvalue weighted by Gasteiger charge is 2.21. The van der Waals surface area contributed by atoms with E-state index in [2.05, 4.69) is 20.1 Å². The van der Waals surface area contributed by atoms with Gasteiger partial charge in [-0.2, -0.15) is 15.4 Å². The average molecular weight is 260 g/mol. The number of nitrogens with zero attached hydrogens (tertiary/aromatic N) is 3. The lowest BCUT2D eigenvalue weighted by Gasteiger charge is -2.18. The second kappa shape index (κ2) is 5.30. The summed E-state index contributed by atoms with van der Waals surface area (Å²) in [5.41, 5.74) is 0.925. The maximum absolute atomic E-state index is 12.1. The molecule has 0 atom stereocenters. The summed E-state index contributed by atoms with van der Waals surface area (Å²) in [7, 11) is 2.84. The van der Waals surface area contributed by atoms with Crippen molar-refractivity contribution in [2.75, 3.05) is 19.1 Å². The lowest BCUT2D eigenvalue weighted by molar-refractivity contribution is 0.0601. The SMILES string of the molecule is COC(=O)c1ccccc1N(C)C(=O)c1cn[nH]n1. The molecule has 7 heteroatoms. The number of esters is 1. The number of carbonyl (C=O) groups is 2. The highest BCUT2D eigenvalue weighted by molar-refractivity contribution is 6.08. The molecule has 0 unspecified atom stereocenters. The minimum atomic E-state index is -0.504. The van der Waals surface area contributed by atoms with Gasteiger partial charge in [-0.1, -0.05) is 12.1 Å². The van der Waals surface area contributed by atoms with Gasteiger partial charge in [0.05, 0.1) is 24.6 Å². The van der Waals surface area contributed by atoms with E-state index >= 15 is 0 Å². The fraction of sp³-hybridized carbons (Fsp3) is 0.167. The third-order valence-electron chi connectivity index (χ3n) is 2.61. The molecule has 0 saturated heterocycles. The van der Waals surface area contributed by atoms with E-state index in [0.29, 0.717) is 11.3 Å². The number of methoxy groups -OCH3 is 1. The number of aromatic nitrogens is 3. The van der Waals surface area contributed by atoms with Crippen molar-refractivity contribution >= 4 is 17.6 Å². The van der Waals surface area contributed by atoms with Crippen molar-refractivity contribution in [1.29, 1.82) is 0 Å². The Morgan fingerprint density at radius 2 is 2.05 bits per heavy atom. The van der Waals surface area contributed by atoms with Crippen LogP contribution in [0.5, 0.6) is 0 Å². The topological polar surface area (TPSA) is 88.2 Å². The van der Waals surface area contributed by atoms with E-state index in [9.17, 15) is 9.59 Å². The van der Waals surface area contributed by atoms with Crippen molar-refractivity contribution in [3.8, 4) is 0 Å². The van der Waals surface area contributed by atoms with Crippen LogP contribution in [-0.2, 0) is 4.74 Å². The maximum atomic E-state index is 12.1. The van der Waals surface area contributed by atoms with Gasteiger partial charge in [-0.3, -0.25) is 4.79 Å². The molecule has 7 nitrogen and oxygen atoms in total. The standard InChI is InChI=1S/C12H12N4O3/c1-16(11(17)9-7-13-15-14-9)10-6-4-3-5-8(10)12(18)19-2/h3-7H,1-2H3,(H,13,14,15). The van der Waals surface area contributed by atoms with Crippen molar-refractivity contribution < 1.29 is 14.3 Å². The maximum Gasteiger partial charge on any atom is 0.339 e. The summed E-state index contributed by atoms with van der Waals surface area (Å²) in [4.78, 5) is 25.1. The van der Waals surface area contributed by atoms with E-state index in [0.717, 1.165) is 0 Å². The van der Waals surface area contributed by atoms with Crippen LogP contribution in [0, 0.1) is 0 Å². The van der Waals surface area contributed by atoms with Gasteiger partial charge >= 0.3 is 5.97 Å². The van der Waals surface area contributed by atoms with Crippen molar-refractivity contribution in [3.63, 3.8) is 0 Å². The molecule has 0 aliphatic rings. The summed E-state index contributed by atoms with van der Waals surface area (Å²) in [5, 5.41) is 9.66. The van der Waals surface area contributed by atoms with Crippen LogP contribution < -0.4 is 4.90 Å². The van der Waals surface area contributed by atoms with Crippen molar-refractivity contribution in [1.82, 2.24) is 15.4 Å². The Kier molecular flexibility index (Phi) is 3.56. The fourth-order valence-corrected chi connectivity index (χ4v) is 1.63. The number of anilines is 1. The van der Waals surface area contributed by atoms with Gasteiger partial charge in [0.2, 0.25) is 0 Å². The minimum absolute atomic E-state index is 0.169. The van der Waals surface area contributed by atoms with Crippen LogP contribution in [0.25, 0.3) is 0 Å². The molecule has 2 rings (SSSR count). The zero-order valence-corrected chi connectivity index (χ0v) is 10.5. The van der Waals surface area contributed by atoms with Crippen LogP contribution in [0.1, 0.15) is 20.8 Å². The van der Waals surface area contributed by atoms with Crippen LogP contribution in [0.4, 0.5) is 5.69 Å². The zero-order valence-electron chi connectivity index (χ0n) is 10.5. The molecular weight excluding hydrogens is 248 g/mol. The Labute approximate surface area is 109 Å². The van der Waals surface area contributed by atoms with Crippen LogP contribution >= 0.6 is 0 Å². The Hall–Kier alpha value is -2.70. The van der Waals surface area contributed by atoms with E-state index in [1.807, 2.05) is 0 Å². The molecule has 1 heterocycles. The second-order valence-corrected chi connectivity index (χ2v) is 3.73. The Bertz CT molecular complexity index is 595. The molecule has 0 spiro atoms. The summed E-state index contributed by atoms with van der Waals surface area (Å²) in [5.74, 6) is -0.875. The fourth-order valence-electron chi connectivity index (χ4n) is 1.63. The first-order chi connectivity index (χ1) is 9.15. The average Bonchev–Trinajstić information content (AvgIpc) is 2.99. The van der Waals surface area contributed by atoms with Crippen molar-refractivity contribution in [2.45, 2.75) is 0 Å². The highest BCUT2D eigenvalue weighted by Crippen LogP contribution is 2.21. The summed E-state index contributed by atoms with van der Waals surface area (Å²) >= 11 is 0. The largest absolute Gasteiger partial charge is 0.465 e. The first kappa shape index (κ1) is 12.7. The number of H-pyrrole nitrogens is 1. The van der Waals surface area contributed by atoms with Gasteiger partial charge in [0.15, 0.2) is 5.69 Å². The number of carbonyl (C=O) groups excluding carboxylic acids is 2. The smallest absolute Gasteiger partial charge is 0.339 e. The number of para-hydroxylation sites is 1. The quantitative estimate of drug-likeness (QED) is 0.827. The molecule has 19 heavy (non-hydrogen) atoms. The molecule has 0 aliphatic carbocycles. The second-order valence-electron chi connectivity index (χ2n) is 3.73. The zero-order chi connectivity index (χ0) is 13.8. The number of rotatable bonds is 3. The number of benzene rings is 1. The molecule has 1 N–H and O–H groups in total. The summed E-state index contributed by atoms with van der Waals surface area (Å²) in [6.45, 7) is 0. The minimum Gasteiger partial charge on any atom is -0.465 e. The molecule has 0 aliphatic heterocycles. The summed E-state index contributed by atoms with van der Waals surface area (Å²) in [6, 6.07) is 6.68. The number of ether oxygens (including phenoxy) is 1. The molecular formula is C12H12N4O3. The normalized spacial score (nSPS) is 10.0. The van der Waals surface area contributed by atoms with Gasteiger partial charge in [0.25, 0.3) is 5.91 Å². The number of amides is 1. The van der Waals surface area contributed by atoms with Crippen LogP contribution in [0.3, 0.4) is 0 Å². The van der Waals surface area contributed by atoms with Crippen molar-refractivity contribution in [3.05, 3.63) is 41.7 Å². The van der Waals surface area contributed by atoms with E-state index in [4.69, 9.17) is 0 Å². The van der Waals surface area contributed by atoms with Crippen molar-refractivity contribution in [2.24, 2.45) is 0 Å². The first-order valence-corrected chi connectivity index (χ1v) is 5.46. The predicted molar refractivity (Wildman–Crippen MR) is 66.9 cm³/mol. The van der Waals surface area contributed by atoms with Crippen LogP contribution in [0.2, 0.25) is 0 Å². The van der Waals surface area contributed by atoms with E-state index in [-0.39, 0.29) is 11.6 Å². The predicted octanol–water partition coefficient (Wildman–Crippen LogP) is 0.868. The molecule has 98 valence electrons. The molecule has 0 saturated carbocycles. The number of aromatic amines is 1. The highest BCUT2D eigenvalue weighted by atomic mass is 16.5. The van der Waals surface area contributed by atoms with Gasteiger partial charge in [-0.05, 0) is 12.1 Å². The van der Waals surface area contributed by atoms with Gasteiger partial charge in [-0.15, -0.1) is 0 Å². The number of nitrogens with one attached hydrogen (secondary N) is 1. The Morgan fingerprint density at radius 3 is 2.68 bits per heavy atom. The van der Waals surface area contributed by atoms with Crippen LogP contribution in [0.15, 0.2) is 30.5 Å². The van der Waals surface area contributed by atoms with Gasteiger partial charge in [-0.25, -0.2) is 4.79 Å².